The maximum absolute atomic E-state index is 12.4. The van der Waals surface area contributed by atoms with Crippen molar-refractivity contribution in [3.8, 4) is 0 Å². The average molecular weight is 390 g/mol. The van der Waals surface area contributed by atoms with E-state index in [0.29, 0.717) is 15.8 Å². The van der Waals surface area contributed by atoms with Crippen LogP contribution in [0.15, 0.2) is 23.3 Å². The lowest BCUT2D eigenvalue weighted by molar-refractivity contribution is -0.117. The zero-order chi connectivity index (χ0) is 18.8. The molecular weight excluding hydrogens is 370 g/mol. The SMILES string of the molecule is CCc1cc2c(=O)n(NC(=O)CCC(=O)c3cc(C)sc3C)cnc2s1. The first-order valence-electron chi connectivity index (χ1n) is 8.29. The van der Waals surface area contributed by atoms with E-state index in [1.54, 1.807) is 11.3 Å². The molecule has 0 atom stereocenters. The number of hydrogen-bond donors (Lipinski definition) is 1. The number of aromatic nitrogens is 2. The van der Waals surface area contributed by atoms with Gasteiger partial charge in [0.15, 0.2) is 5.78 Å². The van der Waals surface area contributed by atoms with Crippen LogP contribution in [0.2, 0.25) is 0 Å². The van der Waals surface area contributed by atoms with Crippen molar-refractivity contribution in [2.75, 3.05) is 5.43 Å². The van der Waals surface area contributed by atoms with Crippen molar-refractivity contribution in [3.63, 3.8) is 0 Å². The summed E-state index contributed by atoms with van der Waals surface area (Å²) < 4.78 is 1.08. The van der Waals surface area contributed by atoms with E-state index in [4.69, 9.17) is 0 Å². The summed E-state index contributed by atoms with van der Waals surface area (Å²) >= 11 is 3.04. The molecule has 0 radical (unpaired) electrons. The largest absolute Gasteiger partial charge is 0.294 e. The number of Topliss-reactive ketones (excluding diaryl/α,β-unsaturated/α-hetero) is 1. The molecule has 0 bridgehead atoms. The summed E-state index contributed by atoms with van der Waals surface area (Å²) in [5.74, 6) is -0.453. The number of amides is 1. The third kappa shape index (κ3) is 3.76. The van der Waals surface area contributed by atoms with Crippen LogP contribution in [0.5, 0.6) is 0 Å². The number of ketones is 1. The van der Waals surface area contributed by atoms with Crippen LogP contribution >= 0.6 is 22.7 Å². The molecule has 0 saturated heterocycles. The van der Waals surface area contributed by atoms with Gasteiger partial charge in [0.25, 0.3) is 5.56 Å². The molecule has 3 rings (SSSR count). The fourth-order valence-electron chi connectivity index (χ4n) is 2.69. The minimum absolute atomic E-state index is 0.0154. The Bertz CT molecular complexity index is 1050. The van der Waals surface area contributed by atoms with E-state index in [1.165, 1.54) is 17.7 Å². The van der Waals surface area contributed by atoms with Crippen molar-refractivity contribution in [1.29, 1.82) is 0 Å². The van der Waals surface area contributed by atoms with Crippen molar-refractivity contribution in [3.05, 3.63) is 49.0 Å². The molecule has 3 aromatic rings. The van der Waals surface area contributed by atoms with Crippen LogP contribution in [-0.2, 0) is 11.2 Å². The monoisotopic (exact) mass is 389 g/mol. The Hall–Kier alpha value is -2.32. The maximum Gasteiger partial charge on any atom is 0.280 e. The van der Waals surface area contributed by atoms with Gasteiger partial charge in [0.1, 0.15) is 11.2 Å². The number of rotatable bonds is 6. The van der Waals surface area contributed by atoms with Crippen LogP contribution < -0.4 is 11.0 Å². The summed E-state index contributed by atoms with van der Waals surface area (Å²) in [5, 5.41) is 0.495. The number of carbonyl (C=O) groups excluding carboxylic acids is 2. The van der Waals surface area contributed by atoms with Gasteiger partial charge in [-0.05, 0) is 32.4 Å². The van der Waals surface area contributed by atoms with E-state index in [1.807, 2.05) is 32.9 Å². The molecule has 0 aliphatic heterocycles. The minimum Gasteiger partial charge on any atom is -0.294 e. The summed E-state index contributed by atoms with van der Waals surface area (Å²) in [5.41, 5.74) is 2.88. The second kappa shape index (κ2) is 7.51. The number of hydrogen-bond acceptors (Lipinski definition) is 6. The molecule has 0 saturated carbocycles. The summed E-state index contributed by atoms with van der Waals surface area (Å²) in [6.07, 6.45) is 2.26. The van der Waals surface area contributed by atoms with Gasteiger partial charge in [-0.15, -0.1) is 22.7 Å². The van der Waals surface area contributed by atoms with Crippen molar-refractivity contribution in [2.24, 2.45) is 0 Å². The molecule has 0 spiro atoms. The van der Waals surface area contributed by atoms with Crippen LogP contribution in [0.25, 0.3) is 10.2 Å². The first-order chi connectivity index (χ1) is 12.4. The summed E-state index contributed by atoms with van der Waals surface area (Å²) in [6.45, 7) is 5.86. The number of aryl methyl sites for hydroxylation is 3. The Labute approximate surface area is 158 Å². The Kier molecular flexibility index (Phi) is 5.33. The number of carbonyl (C=O) groups is 2. The van der Waals surface area contributed by atoms with Gasteiger partial charge in [0, 0.05) is 33.0 Å². The molecule has 0 aromatic carbocycles. The molecule has 1 N–H and O–H groups in total. The Morgan fingerprint density at radius 1 is 1.19 bits per heavy atom. The number of nitrogens with zero attached hydrogens (tertiary/aromatic N) is 2. The van der Waals surface area contributed by atoms with E-state index in [-0.39, 0.29) is 24.2 Å². The van der Waals surface area contributed by atoms with Crippen molar-refractivity contribution < 1.29 is 9.59 Å². The summed E-state index contributed by atoms with van der Waals surface area (Å²) in [6, 6.07) is 3.66. The first kappa shape index (κ1) is 18.5. The number of thiophene rings is 2. The highest BCUT2D eigenvalue weighted by Crippen LogP contribution is 2.22. The molecular formula is C18H19N3O3S2. The molecule has 3 aromatic heterocycles. The molecule has 26 heavy (non-hydrogen) atoms. The van der Waals surface area contributed by atoms with Crippen LogP contribution in [0.3, 0.4) is 0 Å². The third-order valence-corrected chi connectivity index (χ3v) is 6.17. The Morgan fingerprint density at radius 3 is 2.62 bits per heavy atom. The minimum atomic E-state index is -0.392. The topological polar surface area (TPSA) is 81.1 Å². The molecule has 6 nitrogen and oxygen atoms in total. The first-order valence-corrected chi connectivity index (χ1v) is 9.92. The summed E-state index contributed by atoms with van der Waals surface area (Å²) in [7, 11) is 0. The van der Waals surface area contributed by atoms with Crippen molar-refractivity contribution >= 4 is 44.6 Å². The van der Waals surface area contributed by atoms with Crippen LogP contribution in [0, 0.1) is 13.8 Å². The van der Waals surface area contributed by atoms with Gasteiger partial charge in [0.2, 0.25) is 5.91 Å². The molecule has 0 aliphatic carbocycles. The number of nitrogens with one attached hydrogen (secondary N) is 1. The van der Waals surface area contributed by atoms with Crippen molar-refractivity contribution in [2.45, 2.75) is 40.0 Å². The normalized spacial score (nSPS) is 11.0. The molecule has 0 aliphatic rings. The molecule has 1 amide bonds. The van der Waals surface area contributed by atoms with Gasteiger partial charge in [-0.25, -0.2) is 9.66 Å². The van der Waals surface area contributed by atoms with Crippen LogP contribution in [-0.4, -0.2) is 21.4 Å². The molecule has 3 heterocycles. The molecule has 8 heteroatoms. The lowest BCUT2D eigenvalue weighted by atomic mass is 10.1. The van der Waals surface area contributed by atoms with E-state index in [9.17, 15) is 14.4 Å². The average Bonchev–Trinajstić information content (AvgIpc) is 3.18. The standard InChI is InChI=1S/C18H19N3O3S2/c1-4-12-8-14-17(26-12)19-9-21(18(14)24)20-16(23)6-5-15(22)13-7-10(2)25-11(13)3/h7-9H,4-6H2,1-3H3,(H,20,23). The zero-order valence-corrected chi connectivity index (χ0v) is 16.4. The van der Waals surface area contributed by atoms with Gasteiger partial charge in [-0.2, -0.15) is 0 Å². The quantitative estimate of drug-likeness (QED) is 0.655. The van der Waals surface area contributed by atoms with Gasteiger partial charge >= 0.3 is 0 Å². The van der Waals surface area contributed by atoms with Gasteiger partial charge < -0.3 is 0 Å². The van der Waals surface area contributed by atoms with Crippen molar-refractivity contribution in [1.82, 2.24) is 9.66 Å². The van der Waals surface area contributed by atoms with E-state index >= 15 is 0 Å². The van der Waals surface area contributed by atoms with Gasteiger partial charge in [-0.1, -0.05) is 6.92 Å². The zero-order valence-electron chi connectivity index (χ0n) is 14.8. The molecule has 136 valence electrons. The lowest BCUT2D eigenvalue weighted by Crippen LogP contribution is -2.33. The van der Waals surface area contributed by atoms with E-state index in [2.05, 4.69) is 10.4 Å². The molecule has 0 fully saturated rings. The van der Waals surface area contributed by atoms with Gasteiger partial charge in [-0.3, -0.25) is 19.8 Å². The predicted molar refractivity (Wildman–Crippen MR) is 105 cm³/mol. The van der Waals surface area contributed by atoms with E-state index < -0.39 is 5.91 Å². The third-order valence-electron chi connectivity index (χ3n) is 4.02. The fourth-order valence-corrected chi connectivity index (χ4v) is 4.55. The maximum atomic E-state index is 12.4. The van der Waals surface area contributed by atoms with Crippen LogP contribution in [0.1, 0.15) is 44.8 Å². The fraction of sp³-hybridized carbons (Fsp3) is 0.333. The van der Waals surface area contributed by atoms with Gasteiger partial charge in [0.05, 0.1) is 5.39 Å². The Morgan fingerprint density at radius 2 is 1.96 bits per heavy atom. The molecule has 0 unspecified atom stereocenters. The highest BCUT2D eigenvalue weighted by molar-refractivity contribution is 7.18. The second-order valence-corrected chi connectivity index (χ2v) is 8.57. The predicted octanol–water partition coefficient (Wildman–Crippen LogP) is 3.43. The lowest BCUT2D eigenvalue weighted by Gasteiger charge is -2.07. The highest BCUT2D eigenvalue weighted by atomic mass is 32.1. The highest BCUT2D eigenvalue weighted by Gasteiger charge is 2.15. The van der Waals surface area contributed by atoms with E-state index in [0.717, 1.165) is 25.7 Å². The Balaban J connectivity index is 1.67. The second-order valence-electron chi connectivity index (χ2n) is 5.99. The summed E-state index contributed by atoms with van der Waals surface area (Å²) in [4.78, 5) is 44.8. The smallest absolute Gasteiger partial charge is 0.280 e. The number of fused-ring (bicyclic) bond motifs is 1. The van der Waals surface area contributed by atoms with Crippen LogP contribution in [0.4, 0.5) is 0 Å².